The monoisotopic (exact) mass is 280 g/mol. The SMILES string of the molecule is COCC(C)n1ccnc1NCC(C)N1CCCCC1. The van der Waals surface area contributed by atoms with Gasteiger partial charge in [0, 0.05) is 32.1 Å². The Bertz CT molecular complexity index is 387. The zero-order valence-corrected chi connectivity index (χ0v) is 13.0. The second-order valence-corrected chi connectivity index (χ2v) is 5.79. The Hall–Kier alpha value is -1.07. The third kappa shape index (κ3) is 3.96. The van der Waals surface area contributed by atoms with Crippen molar-refractivity contribution in [2.24, 2.45) is 0 Å². The van der Waals surface area contributed by atoms with Crippen molar-refractivity contribution in [2.45, 2.75) is 45.2 Å². The van der Waals surface area contributed by atoms with Crippen LogP contribution in [0, 0.1) is 0 Å². The molecular weight excluding hydrogens is 252 g/mol. The summed E-state index contributed by atoms with van der Waals surface area (Å²) in [7, 11) is 1.74. The molecule has 0 amide bonds. The van der Waals surface area contributed by atoms with Crippen LogP contribution in [0.2, 0.25) is 0 Å². The molecule has 0 aromatic carbocycles. The van der Waals surface area contributed by atoms with Gasteiger partial charge in [-0.1, -0.05) is 6.42 Å². The van der Waals surface area contributed by atoms with Gasteiger partial charge in [-0.25, -0.2) is 4.98 Å². The fourth-order valence-corrected chi connectivity index (χ4v) is 2.85. The van der Waals surface area contributed by atoms with Gasteiger partial charge in [0.25, 0.3) is 0 Å². The highest BCUT2D eigenvalue weighted by Crippen LogP contribution is 2.15. The maximum Gasteiger partial charge on any atom is 0.203 e. The fourth-order valence-electron chi connectivity index (χ4n) is 2.85. The van der Waals surface area contributed by atoms with E-state index in [1.165, 1.54) is 32.4 Å². The van der Waals surface area contributed by atoms with E-state index in [1.807, 2.05) is 12.4 Å². The van der Waals surface area contributed by atoms with Crippen molar-refractivity contribution < 1.29 is 4.74 Å². The molecule has 1 N–H and O–H groups in total. The van der Waals surface area contributed by atoms with Crippen molar-refractivity contribution in [1.29, 1.82) is 0 Å². The number of methoxy groups -OCH3 is 1. The molecule has 2 unspecified atom stereocenters. The van der Waals surface area contributed by atoms with Gasteiger partial charge in [-0.15, -0.1) is 0 Å². The second kappa shape index (κ2) is 7.64. The number of anilines is 1. The van der Waals surface area contributed by atoms with Crippen LogP contribution in [-0.4, -0.2) is 53.8 Å². The van der Waals surface area contributed by atoms with Crippen LogP contribution in [0.3, 0.4) is 0 Å². The summed E-state index contributed by atoms with van der Waals surface area (Å²) in [6.45, 7) is 8.55. The molecule has 5 nitrogen and oxygen atoms in total. The van der Waals surface area contributed by atoms with E-state index < -0.39 is 0 Å². The predicted octanol–water partition coefficient (Wildman–Crippen LogP) is 2.38. The second-order valence-electron chi connectivity index (χ2n) is 5.79. The van der Waals surface area contributed by atoms with Gasteiger partial charge < -0.3 is 14.6 Å². The zero-order valence-electron chi connectivity index (χ0n) is 13.0. The van der Waals surface area contributed by atoms with Crippen molar-refractivity contribution in [3.8, 4) is 0 Å². The lowest BCUT2D eigenvalue weighted by atomic mass is 10.1. The first-order chi connectivity index (χ1) is 9.72. The molecule has 0 radical (unpaired) electrons. The van der Waals surface area contributed by atoms with E-state index in [2.05, 4.69) is 33.6 Å². The number of hydrogen-bond acceptors (Lipinski definition) is 4. The molecule has 1 aliphatic heterocycles. The largest absolute Gasteiger partial charge is 0.383 e. The smallest absolute Gasteiger partial charge is 0.203 e. The molecule has 2 rings (SSSR count). The third-order valence-electron chi connectivity index (χ3n) is 4.12. The van der Waals surface area contributed by atoms with Gasteiger partial charge >= 0.3 is 0 Å². The highest BCUT2D eigenvalue weighted by Gasteiger charge is 2.17. The number of rotatable bonds is 7. The maximum absolute atomic E-state index is 5.22. The molecule has 20 heavy (non-hydrogen) atoms. The highest BCUT2D eigenvalue weighted by atomic mass is 16.5. The van der Waals surface area contributed by atoms with Gasteiger partial charge in [-0.05, 0) is 39.8 Å². The number of imidazole rings is 1. The lowest BCUT2D eigenvalue weighted by Gasteiger charge is -2.32. The molecule has 1 saturated heterocycles. The Morgan fingerprint density at radius 1 is 1.25 bits per heavy atom. The zero-order chi connectivity index (χ0) is 14.4. The van der Waals surface area contributed by atoms with Crippen molar-refractivity contribution >= 4 is 5.95 Å². The minimum atomic E-state index is 0.301. The van der Waals surface area contributed by atoms with Crippen LogP contribution in [0.25, 0.3) is 0 Å². The molecule has 2 atom stereocenters. The Kier molecular flexibility index (Phi) is 5.86. The summed E-state index contributed by atoms with van der Waals surface area (Å²) in [4.78, 5) is 6.99. The maximum atomic E-state index is 5.22. The molecule has 1 aliphatic rings. The lowest BCUT2D eigenvalue weighted by molar-refractivity contribution is 0.162. The van der Waals surface area contributed by atoms with Crippen molar-refractivity contribution in [2.75, 3.05) is 38.7 Å². The molecule has 0 saturated carbocycles. The quantitative estimate of drug-likeness (QED) is 0.832. The summed E-state index contributed by atoms with van der Waals surface area (Å²) >= 11 is 0. The number of piperidine rings is 1. The van der Waals surface area contributed by atoms with E-state index in [4.69, 9.17) is 4.74 Å². The Labute approximate surface area is 122 Å². The molecule has 1 aromatic rings. The molecule has 0 bridgehead atoms. The van der Waals surface area contributed by atoms with Gasteiger partial charge in [-0.3, -0.25) is 4.90 Å². The van der Waals surface area contributed by atoms with E-state index in [-0.39, 0.29) is 0 Å². The van der Waals surface area contributed by atoms with Gasteiger partial charge in [0.05, 0.1) is 12.6 Å². The van der Waals surface area contributed by atoms with Gasteiger partial charge in [-0.2, -0.15) is 0 Å². The minimum Gasteiger partial charge on any atom is -0.383 e. The first kappa shape index (κ1) is 15.3. The summed E-state index contributed by atoms with van der Waals surface area (Å²) in [6.07, 6.45) is 7.92. The Morgan fingerprint density at radius 2 is 2.00 bits per heavy atom. The molecule has 114 valence electrons. The number of hydrogen-bond donors (Lipinski definition) is 1. The van der Waals surface area contributed by atoms with Crippen molar-refractivity contribution in [1.82, 2.24) is 14.5 Å². The fraction of sp³-hybridized carbons (Fsp3) is 0.800. The first-order valence-corrected chi connectivity index (χ1v) is 7.72. The van der Waals surface area contributed by atoms with Gasteiger partial charge in [0.2, 0.25) is 5.95 Å². The average molecular weight is 280 g/mol. The standard InChI is InChI=1S/C15H28N4O/c1-13(18-8-5-4-6-9-18)11-17-15-16-7-10-19(15)14(2)12-20-3/h7,10,13-14H,4-6,8-9,11-12H2,1-3H3,(H,16,17). The van der Waals surface area contributed by atoms with Crippen LogP contribution in [0.5, 0.6) is 0 Å². The minimum absolute atomic E-state index is 0.301. The molecule has 5 heteroatoms. The molecule has 0 spiro atoms. The molecule has 1 aromatic heterocycles. The average Bonchev–Trinajstić information content (AvgIpc) is 2.94. The summed E-state index contributed by atoms with van der Waals surface area (Å²) in [5.41, 5.74) is 0. The summed E-state index contributed by atoms with van der Waals surface area (Å²) < 4.78 is 7.36. The summed E-state index contributed by atoms with van der Waals surface area (Å²) in [6, 6.07) is 0.855. The lowest BCUT2D eigenvalue weighted by Crippen LogP contribution is -2.41. The van der Waals surface area contributed by atoms with E-state index >= 15 is 0 Å². The Balaban J connectivity index is 1.85. The van der Waals surface area contributed by atoms with Crippen LogP contribution in [0.1, 0.15) is 39.2 Å². The van der Waals surface area contributed by atoms with Crippen LogP contribution in [0.4, 0.5) is 5.95 Å². The van der Waals surface area contributed by atoms with Crippen molar-refractivity contribution in [3.63, 3.8) is 0 Å². The van der Waals surface area contributed by atoms with E-state index in [1.54, 1.807) is 7.11 Å². The Morgan fingerprint density at radius 3 is 2.70 bits per heavy atom. The number of nitrogens with one attached hydrogen (secondary N) is 1. The van der Waals surface area contributed by atoms with Crippen molar-refractivity contribution in [3.05, 3.63) is 12.4 Å². The van der Waals surface area contributed by atoms with Gasteiger partial charge in [0.1, 0.15) is 0 Å². The summed E-state index contributed by atoms with van der Waals surface area (Å²) in [5.74, 6) is 0.943. The number of aromatic nitrogens is 2. The van der Waals surface area contributed by atoms with Crippen LogP contribution in [-0.2, 0) is 4.74 Å². The van der Waals surface area contributed by atoms with E-state index in [0.29, 0.717) is 18.7 Å². The highest BCUT2D eigenvalue weighted by molar-refractivity contribution is 5.27. The molecular formula is C15H28N4O. The normalized spacial score (nSPS) is 19.8. The number of nitrogens with zero attached hydrogens (tertiary/aromatic N) is 3. The third-order valence-corrected chi connectivity index (χ3v) is 4.12. The topological polar surface area (TPSA) is 42.3 Å². The molecule has 2 heterocycles. The molecule has 1 fully saturated rings. The van der Waals surface area contributed by atoms with Crippen LogP contribution in [0.15, 0.2) is 12.4 Å². The molecule has 0 aliphatic carbocycles. The van der Waals surface area contributed by atoms with Crippen LogP contribution < -0.4 is 5.32 Å². The number of ether oxygens (including phenoxy) is 1. The van der Waals surface area contributed by atoms with Gasteiger partial charge in [0.15, 0.2) is 0 Å². The predicted molar refractivity (Wildman–Crippen MR) is 82.2 cm³/mol. The summed E-state index contributed by atoms with van der Waals surface area (Å²) in [5, 5.41) is 3.48. The first-order valence-electron chi connectivity index (χ1n) is 7.72. The van der Waals surface area contributed by atoms with Crippen LogP contribution >= 0.6 is 0 Å². The number of likely N-dealkylation sites (tertiary alicyclic amines) is 1. The van der Waals surface area contributed by atoms with E-state index in [9.17, 15) is 0 Å². The van der Waals surface area contributed by atoms with E-state index in [0.717, 1.165) is 12.5 Å².